The Hall–Kier alpha value is -4.49. The molecule has 0 bridgehead atoms. The van der Waals surface area contributed by atoms with Gasteiger partial charge in [0.15, 0.2) is 5.82 Å². The Morgan fingerprint density at radius 3 is 2.58 bits per heavy atom. The number of methoxy groups -OCH3 is 1. The molecule has 36 heavy (non-hydrogen) atoms. The van der Waals surface area contributed by atoms with E-state index in [0.717, 1.165) is 22.0 Å². The maximum absolute atomic E-state index is 13.1. The lowest BCUT2D eigenvalue weighted by atomic mass is 10.1. The van der Waals surface area contributed by atoms with Crippen molar-refractivity contribution >= 4 is 39.9 Å². The molecule has 8 heteroatoms. The van der Waals surface area contributed by atoms with E-state index in [2.05, 4.69) is 15.6 Å². The number of nitrogens with zero attached hydrogens (tertiary/aromatic N) is 3. The number of rotatable bonds is 7. The highest BCUT2D eigenvalue weighted by Gasteiger charge is 2.15. The average molecular weight is 496 g/mol. The van der Waals surface area contributed by atoms with Crippen LogP contribution in [0.5, 0.6) is 5.75 Å². The van der Waals surface area contributed by atoms with E-state index >= 15 is 0 Å². The van der Waals surface area contributed by atoms with Crippen LogP contribution in [0.3, 0.4) is 0 Å². The van der Waals surface area contributed by atoms with Gasteiger partial charge >= 0.3 is 0 Å². The summed E-state index contributed by atoms with van der Waals surface area (Å²) in [4.78, 5) is 26.8. The van der Waals surface area contributed by atoms with Crippen molar-refractivity contribution in [3.63, 3.8) is 0 Å². The molecule has 0 saturated heterocycles. The SMILES string of the molecule is COc1ccc2nc(-c3cccnc3)nc(Nc3ccccc3C(=O)NCc3ccc(Cl)cc3)c2c1. The van der Waals surface area contributed by atoms with Crippen LogP contribution in [-0.4, -0.2) is 28.0 Å². The Morgan fingerprint density at radius 2 is 1.81 bits per heavy atom. The number of anilines is 2. The smallest absolute Gasteiger partial charge is 0.253 e. The number of carbonyl (C=O) groups is 1. The first-order valence-corrected chi connectivity index (χ1v) is 11.6. The van der Waals surface area contributed by atoms with Gasteiger partial charge in [0.05, 0.1) is 23.9 Å². The summed E-state index contributed by atoms with van der Waals surface area (Å²) in [6.07, 6.45) is 3.42. The summed E-state index contributed by atoms with van der Waals surface area (Å²) in [6.45, 7) is 0.378. The van der Waals surface area contributed by atoms with Gasteiger partial charge in [-0.3, -0.25) is 9.78 Å². The molecule has 0 atom stereocenters. The summed E-state index contributed by atoms with van der Waals surface area (Å²) in [5.41, 5.74) is 3.58. The van der Waals surface area contributed by atoms with Crippen LogP contribution in [0, 0.1) is 0 Å². The third-order valence-corrected chi connectivity index (χ3v) is 5.87. The Labute approximate surface area is 213 Å². The van der Waals surface area contributed by atoms with E-state index in [0.29, 0.717) is 40.2 Å². The van der Waals surface area contributed by atoms with Gasteiger partial charge in [-0.1, -0.05) is 35.9 Å². The predicted octanol–water partition coefficient (Wildman–Crippen LogP) is 6.03. The predicted molar refractivity (Wildman–Crippen MR) is 142 cm³/mol. The quantitative estimate of drug-likeness (QED) is 0.286. The summed E-state index contributed by atoms with van der Waals surface area (Å²) in [5, 5.41) is 7.74. The fraction of sp³-hybridized carbons (Fsp3) is 0.0714. The number of benzene rings is 3. The number of hydrogen-bond acceptors (Lipinski definition) is 6. The van der Waals surface area contributed by atoms with Crippen LogP contribution in [0.15, 0.2) is 91.3 Å². The van der Waals surface area contributed by atoms with Crippen molar-refractivity contribution < 1.29 is 9.53 Å². The molecule has 5 rings (SSSR count). The number of halogens is 1. The molecule has 0 fully saturated rings. The Kier molecular flexibility index (Phi) is 6.73. The van der Waals surface area contributed by atoms with Crippen molar-refractivity contribution in [1.29, 1.82) is 0 Å². The maximum atomic E-state index is 13.1. The molecule has 5 aromatic rings. The minimum Gasteiger partial charge on any atom is -0.497 e. The number of nitrogens with one attached hydrogen (secondary N) is 2. The number of carbonyl (C=O) groups excluding carboxylic acids is 1. The summed E-state index contributed by atoms with van der Waals surface area (Å²) in [7, 11) is 1.61. The summed E-state index contributed by atoms with van der Waals surface area (Å²) < 4.78 is 5.42. The van der Waals surface area contributed by atoms with Gasteiger partial charge in [0, 0.05) is 34.9 Å². The Balaban J connectivity index is 1.50. The van der Waals surface area contributed by atoms with Gasteiger partial charge in [-0.05, 0) is 60.2 Å². The third-order valence-electron chi connectivity index (χ3n) is 5.61. The summed E-state index contributed by atoms with van der Waals surface area (Å²) >= 11 is 5.96. The largest absolute Gasteiger partial charge is 0.497 e. The lowest BCUT2D eigenvalue weighted by Gasteiger charge is -2.15. The van der Waals surface area contributed by atoms with E-state index < -0.39 is 0 Å². The lowest BCUT2D eigenvalue weighted by Crippen LogP contribution is -2.23. The fourth-order valence-corrected chi connectivity index (χ4v) is 3.88. The van der Waals surface area contributed by atoms with Crippen LogP contribution in [0.4, 0.5) is 11.5 Å². The zero-order chi connectivity index (χ0) is 24.9. The molecule has 0 radical (unpaired) electrons. The second-order valence-electron chi connectivity index (χ2n) is 8.00. The van der Waals surface area contributed by atoms with Crippen molar-refractivity contribution in [1.82, 2.24) is 20.3 Å². The van der Waals surface area contributed by atoms with E-state index in [1.807, 2.05) is 60.7 Å². The zero-order valence-corrected chi connectivity index (χ0v) is 20.2. The van der Waals surface area contributed by atoms with E-state index in [4.69, 9.17) is 26.3 Å². The van der Waals surface area contributed by atoms with Crippen molar-refractivity contribution in [3.05, 3.63) is 107 Å². The summed E-state index contributed by atoms with van der Waals surface area (Å²) in [5.74, 6) is 1.54. The molecule has 0 spiro atoms. The molecule has 0 unspecified atom stereocenters. The molecule has 0 aliphatic rings. The van der Waals surface area contributed by atoms with Crippen molar-refractivity contribution in [3.8, 4) is 17.1 Å². The van der Waals surface area contributed by atoms with E-state index in [1.54, 1.807) is 37.7 Å². The first-order valence-electron chi connectivity index (χ1n) is 11.3. The monoisotopic (exact) mass is 495 g/mol. The zero-order valence-electron chi connectivity index (χ0n) is 19.4. The Morgan fingerprint density at radius 1 is 0.972 bits per heavy atom. The number of fused-ring (bicyclic) bond motifs is 1. The van der Waals surface area contributed by atoms with E-state index in [-0.39, 0.29) is 5.91 Å². The van der Waals surface area contributed by atoms with E-state index in [1.165, 1.54) is 0 Å². The molecule has 2 heterocycles. The van der Waals surface area contributed by atoms with Crippen molar-refractivity contribution in [2.45, 2.75) is 6.54 Å². The number of aromatic nitrogens is 3. The average Bonchev–Trinajstić information content (AvgIpc) is 2.93. The molecule has 1 amide bonds. The first-order chi connectivity index (χ1) is 17.6. The lowest BCUT2D eigenvalue weighted by molar-refractivity contribution is 0.0951. The van der Waals surface area contributed by atoms with Gasteiger partial charge < -0.3 is 15.4 Å². The molecule has 2 N–H and O–H groups in total. The third kappa shape index (κ3) is 5.11. The molecule has 7 nitrogen and oxygen atoms in total. The molecule has 0 aliphatic carbocycles. The van der Waals surface area contributed by atoms with Gasteiger partial charge in [0.25, 0.3) is 5.91 Å². The highest BCUT2D eigenvalue weighted by molar-refractivity contribution is 6.30. The van der Waals surface area contributed by atoms with Crippen molar-refractivity contribution in [2.75, 3.05) is 12.4 Å². The normalized spacial score (nSPS) is 10.7. The topological polar surface area (TPSA) is 89.0 Å². The van der Waals surface area contributed by atoms with Gasteiger partial charge in [0.1, 0.15) is 11.6 Å². The molecule has 2 aromatic heterocycles. The van der Waals surface area contributed by atoms with Gasteiger partial charge in [-0.15, -0.1) is 0 Å². The van der Waals surface area contributed by atoms with Crippen LogP contribution in [0.2, 0.25) is 5.02 Å². The highest BCUT2D eigenvalue weighted by atomic mass is 35.5. The number of hydrogen-bond donors (Lipinski definition) is 2. The number of pyridine rings is 1. The minimum absolute atomic E-state index is 0.212. The minimum atomic E-state index is -0.212. The van der Waals surface area contributed by atoms with Crippen molar-refractivity contribution in [2.24, 2.45) is 0 Å². The molecule has 178 valence electrons. The molecule has 0 aliphatic heterocycles. The molecule has 0 saturated carbocycles. The highest BCUT2D eigenvalue weighted by Crippen LogP contribution is 2.31. The van der Waals surface area contributed by atoms with Crippen LogP contribution in [-0.2, 0) is 6.54 Å². The van der Waals surface area contributed by atoms with Crippen LogP contribution < -0.4 is 15.4 Å². The standard InChI is InChI=1S/C28H22ClN5O2/c1-36-21-12-13-25-23(15-21)27(34-26(32-25)19-5-4-14-30-17-19)33-24-7-3-2-6-22(24)28(35)31-16-18-8-10-20(29)11-9-18/h2-15,17H,16H2,1H3,(H,31,35)(H,32,33,34). The fourth-order valence-electron chi connectivity index (χ4n) is 3.75. The number of amides is 1. The van der Waals surface area contributed by atoms with Gasteiger partial charge in [0.2, 0.25) is 0 Å². The first kappa shape index (κ1) is 23.3. The van der Waals surface area contributed by atoms with Gasteiger partial charge in [-0.2, -0.15) is 0 Å². The number of ether oxygens (including phenoxy) is 1. The maximum Gasteiger partial charge on any atom is 0.253 e. The number of para-hydroxylation sites is 1. The van der Waals surface area contributed by atoms with Gasteiger partial charge in [-0.25, -0.2) is 9.97 Å². The van der Waals surface area contributed by atoms with Crippen LogP contribution in [0.25, 0.3) is 22.3 Å². The Bertz CT molecular complexity index is 1530. The molecule has 3 aromatic carbocycles. The van der Waals surface area contributed by atoms with E-state index in [9.17, 15) is 4.79 Å². The molecular formula is C28H22ClN5O2. The summed E-state index contributed by atoms with van der Waals surface area (Å²) in [6, 6.07) is 24.0. The van der Waals surface area contributed by atoms with Crippen LogP contribution >= 0.6 is 11.6 Å². The second-order valence-corrected chi connectivity index (χ2v) is 8.44. The van der Waals surface area contributed by atoms with Crippen LogP contribution in [0.1, 0.15) is 15.9 Å². The second kappa shape index (κ2) is 10.4. The molecular weight excluding hydrogens is 474 g/mol.